The number of carbonyl (C=O) groups is 1. The minimum absolute atomic E-state index is 0.0893. The number of nitrogens with zero attached hydrogens (tertiary/aromatic N) is 1. The molecule has 4 aliphatic rings. The molecule has 1 amide bonds. The van der Waals surface area contributed by atoms with Crippen LogP contribution in [0.2, 0.25) is 0 Å². The number of nitrogens with one attached hydrogen (secondary N) is 3. The summed E-state index contributed by atoms with van der Waals surface area (Å²) in [6.07, 6.45) is 7.82. The maximum absolute atomic E-state index is 14.5. The molecule has 196 valence electrons. The molecule has 6 atom stereocenters. The number of hydrogen-bond donors (Lipinski definition) is 3. The average molecular weight is 509 g/mol. The van der Waals surface area contributed by atoms with E-state index in [1.165, 1.54) is 12.1 Å². The van der Waals surface area contributed by atoms with Crippen molar-refractivity contribution in [1.82, 2.24) is 15.8 Å². The first-order chi connectivity index (χ1) is 17.8. The highest BCUT2D eigenvalue weighted by atomic mass is 19.1. The molecule has 1 saturated heterocycles. The van der Waals surface area contributed by atoms with Gasteiger partial charge in [-0.1, -0.05) is 12.2 Å². The Morgan fingerprint density at radius 3 is 2.65 bits per heavy atom. The van der Waals surface area contributed by atoms with Gasteiger partial charge in [-0.25, -0.2) is 8.78 Å². The lowest BCUT2D eigenvalue weighted by molar-refractivity contribution is -0.118. The Bertz CT molecular complexity index is 1240. The van der Waals surface area contributed by atoms with E-state index >= 15 is 0 Å². The normalized spacial score (nSPS) is 32.2. The Kier molecular flexibility index (Phi) is 6.09. The molecule has 6 rings (SSSR count). The third-order valence-electron chi connectivity index (χ3n) is 8.92. The summed E-state index contributed by atoms with van der Waals surface area (Å²) in [4.78, 5) is 14.8. The van der Waals surface area contributed by atoms with Gasteiger partial charge in [-0.15, -0.1) is 0 Å². The molecule has 1 spiro atoms. The van der Waals surface area contributed by atoms with Crippen LogP contribution in [0.25, 0.3) is 6.08 Å². The minimum atomic E-state index is -0.516. The Labute approximate surface area is 216 Å². The van der Waals surface area contributed by atoms with E-state index < -0.39 is 17.0 Å². The summed E-state index contributed by atoms with van der Waals surface area (Å²) in [7, 11) is 5.23. The summed E-state index contributed by atoms with van der Waals surface area (Å²) < 4.78 is 34.4. The van der Waals surface area contributed by atoms with Crippen molar-refractivity contribution < 1.29 is 18.3 Å². The van der Waals surface area contributed by atoms with Crippen LogP contribution in [0.5, 0.6) is 5.75 Å². The van der Waals surface area contributed by atoms with Crippen molar-refractivity contribution in [2.45, 2.75) is 49.7 Å². The van der Waals surface area contributed by atoms with Gasteiger partial charge in [0.2, 0.25) is 5.91 Å². The summed E-state index contributed by atoms with van der Waals surface area (Å²) in [6, 6.07) is 9.06. The molecule has 2 saturated carbocycles. The van der Waals surface area contributed by atoms with E-state index in [9.17, 15) is 13.6 Å². The molecule has 3 fully saturated rings. The smallest absolute Gasteiger partial charge is 0.235 e. The minimum Gasteiger partial charge on any atom is -0.497 e. The van der Waals surface area contributed by atoms with Gasteiger partial charge in [-0.3, -0.25) is 15.6 Å². The van der Waals surface area contributed by atoms with Crippen molar-refractivity contribution in [2.75, 3.05) is 26.5 Å². The Balaban J connectivity index is 1.12. The third kappa shape index (κ3) is 4.15. The van der Waals surface area contributed by atoms with E-state index in [2.05, 4.69) is 16.2 Å². The second-order valence-corrected chi connectivity index (χ2v) is 11.4. The van der Waals surface area contributed by atoms with Crippen LogP contribution < -0.4 is 20.9 Å². The van der Waals surface area contributed by atoms with Gasteiger partial charge >= 0.3 is 0 Å². The first-order valence-corrected chi connectivity index (χ1v) is 13.1. The number of fused-ring (bicyclic) bond motifs is 3. The second-order valence-electron chi connectivity index (χ2n) is 11.4. The molecule has 5 unspecified atom stereocenters. The Hall–Kier alpha value is -2.81. The number of rotatable bonds is 6. The zero-order chi connectivity index (χ0) is 25.9. The number of hydrogen-bond acceptors (Lipinski definition) is 5. The number of amides is 1. The number of anilines is 1. The number of hydrazine groups is 1. The zero-order valence-corrected chi connectivity index (χ0v) is 21.5. The summed E-state index contributed by atoms with van der Waals surface area (Å²) in [6.45, 7) is 0.226. The van der Waals surface area contributed by atoms with Crippen molar-refractivity contribution >= 4 is 17.7 Å². The SMILES string of the molecule is COc1ccc2c(c1)[C@]1(CC1C1CCC3C(/C=C/c4cc(F)c(CN(C)C)c(F)c4)NNC3C1)C(=O)N2. The molecule has 2 aliphatic carbocycles. The van der Waals surface area contributed by atoms with Gasteiger partial charge in [0.05, 0.1) is 12.5 Å². The Morgan fingerprint density at radius 2 is 1.92 bits per heavy atom. The lowest BCUT2D eigenvalue weighted by Gasteiger charge is -2.33. The van der Waals surface area contributed by atoms with Crippen LogP contribution in [0.15, 0.2) is 36.4 Å². The number of methoxy groups -OCH3 is 1. The Morgan fingerprint density at radius 1 is 1.14 bits per heavy atom. The first-order valence-electron chi connectivity index (χ1n) is 13.1. The third-order valence-corrected chi connectivity index (χ3v) is 8.92. The maximum Gasteiger partial charge on any atom is 0.235 e. The fourth-order valence-corrected chi connectivity index (χ4v) is 7.00. The van der Waals surface area contributed by atoms with Crippen LogP contribution in [0, 0.1) is 29.4 Å². The molecular formula is C29H34F2N4O2. The van der Waals surface area contributed by atoms with E-state index in [1.54, 1.807) is 26.1 Å². The highest BCUT2D eigenvalue weighted by Gasteiger charge is 2.67. The van der Waals surface area contributed by atoms with Crippen molar-refractivity contribution in [3.8, 4) is 5.75 Å². The highest BCUT2D eigenvalue weighted by Crippen LogP contribution is 2.65. The predicted octanol–water partition coefficient (Wildman–Crippen LogP) is 4.22. The van der Waals surface area contributed by atoms with E-state index in [0.29, 0.717) is 29.4 Å². The van der Waals surface area contributed by atoms with Crippen LogP contribution in [-0.4, -0.2) is 44.1 Å². The van der Waals surface area contributed by atoms with Gasteiger partial charge in [0, 0.05) is 29.9 Å². The van der Waals surface area contributed by atoms with Crippen molar-refractivity contribution in [2.24, 2.45) is 17.8 Å². The summed E-state index contributed by atoms with van der Waals surface area (Å²) >= 11 is 0. The number of carbonyl (C=O) groups excluding carboxylic acids is 1. The lowest BCUT2D eigenvalue weighted by Crippen LogP contribution is -2.37. The molecule has 6 nitrogen and oxygen atoms in total. The van der Waals surface area contributed by atoms with Gasteiger partial charge in [-0.05, 0) is 99.0 Å². The van der Waals surface area contributed by atoms with Gasteiger partial charge in [0.15, 0.2) is 0 Å². The molecule has 2 heterocycles. The van der Waals surface area contributed by atoms with E-state index in [1.807, 2.05) is 30.4 Å². The summed E-state index contributed by atoms with van der Waals surface area (Å²) in [5.74, 6) is 1.08. The molecule has 2 aromatic carbocycles. The van der Waals surface area contributed by atoms with E-state index in [-0.39, 0.29) is 24.1 Å². The second kappa shape index (κ2) is 9.19. The molecule has 8 heteroatoms. The predicted molar refractivity (Wildman–Crippen MR) is 139 cm³/mol. The largest absolute Gasteiger partial charge is 0.497 e. The number of halogens is 2. The lowest BCUT2D eigenvalue weighted by atomic mass is 9.73. The van der Waals surface area contributed by atoms with Gasteiger partial charge in [-0.2, -0.15) is 0 Å². The number of benzene rings is 2. The van der Waals surface area contributed by atoms with Crippen molar-refractivity contribution in [1.29, 1.82) is 0 Å². The van der Waals surface area contributed by atoms with Crippen LogP contribution in [-0.2, 0) is 16.8 Å². The fraction of sp³-hybridized carbons (Fsp3) is 0.483. The van der Waals surface area contributed by atoms with Crippen LogP contribution in [0.4, 0.5) is 14.5 Å². The standard InChI is InChI=1S/C29H34F2N4O2/c1-35(2)15-20-23(30)10-16(11-24(20)31)4-8-25-19-7-5-17(12-27(19)34-33-25)22-14-29(22)21-13-18(37-3)6-9-26(21)32-28(29)36/h4,6,8-11,13,17,19,22,25,27,33-34H,5,7,12,14-15H2,1-3H3,(H,32,36)/b8-4+/t17?,19?,22?,25?,27?,29-/m0/s1. The van der Waals surface area contributed by atoms with Crippen LogP contribution >= 0.6 is 0 Å². The van der Waals surface area contributed by atoms with Crippen LogP contribution in [0.1, 0.15) is 42.4 Å². The van der Waals surface area contributed by atoms with Gasteiger partial charge in [0.1, 0.15) is 17.4 Å². The molecule has 37 heavy (non-hydrogen) atoms. The monoisotopic (exact) mass is 508 g/mol. The topological polar surface area (TPSA) is 65.6 Å². The maximum atomic E-state index is 14.5. The molecule has 0 radical (unpaired) electrons. The first kappa shape index (κ1) is 24.5. The molecule has 0 bridgehead atoms. The van der Waals surface area contributed by atoms with E-state index in [4.69, 9.17) is 4.74 Å². The molecule has 2 aromatic rings. The van der Waals surface area contributed by atoms with Gasteiger partial charge in [0.25, 0.3) is 0 Å². The fourth-order valence-electron chi connectivity index (χ4n) is 7.00. The molecule has 0 aromatic heterocycles. The molecule has 3 N–H and O–H groups in total. The van der Waals surface area contributed by atoms with Crippen molar-refractivity contribution in [3.63, 3.8) is 0 Å². The van der Waals surface area contributed by atoms with Crippen LogP contribution in [0.3, 0.4) is 0 Å². The summed E-state index contributed by atoms with van der Waals surface area (Å²) in [5, 5.41) is 3.09. The van der Waals surface area contributed by atoms with Crippen molar-refractivity contribution in [3.05, 3.63) is 64.7 Å². The van der Waals surface area contributed by atoms with Gasteiger partial charge < -0.3 is 15.0 Å². The average Bonchev–Trinajstić information content (AvgIpc) is 3.41. The quantitative estimate of drug-likeness (QED) is 0.546. The highest BCUT2D eigenvalue weighted by molar-refractivity contribution is 6.09. The zero-order valence-electron chi connectivity index (χ0n) is 21.5. The molecule has 2 aliphatic heterocycles. The summed E-state index contributed by atoms with van der Waals surface area (Å²) in [5.41, 5.74) is 9.05. The van der Waals surface area contributed by atoms with E-state index in [0.717, 1.165) is 42.7 Å². The molecular weight excluding hydrogens is 474 g/mol. The number of ether oxygens (including phenoxy) is 1.